The van der Waals surface area contributed by atoms with Crippen LogP contribution in [0.3, 0.4) is 0 Å². The average molecular weight is 299 g/mol. The maximum atomic E-state index is 5.84. The minimum Gasteiger partial charge on any atom is -0.379 e. The van der Waals surface area contributed by atoms with Gasteiger partial charge in [0.15, 0.2) is 0 Å². The summed E-state index contributed by atoms with van der Waals surface area (Å²) in [6.07, 6.45) is 6.76. The highest BCUT2D eigenvalue weighted by Crippen LogP contribution is 2.27. The third-order valence-corrected chi connectivity index (χ3v) is 4.44. The molecule has 2 fully saturated rings. The number of aromatic nitrogens is 2. The molecular formula is C16H21N5O. The summed E-state index contributed by atoms with van der Waals surface area (Å²) in [5.41, 5.74) is 5.84. The molecule has 0 amide bonds. The molecule has 1 saturated heterocycles. The van der Waals surface area contributed by atoms with Gasteiger partial charge in [-0.3, -0.25) is 0 Å². The first kappa shape index (κ1) is 13.7. The second-order valence-electron chi connectivity index (χ2n) is 6.23. The minimum atomic E-state index is 0.333. The fraction of sp³-hybridized carbons (Fsp3) is 0.500. The number of rotatable bonds is 4. The number of nitrogens with one attached hydrogen (secondary N) is 2. The predicted octanol–water partition coefficient (Wildman–Crippen LogP) is 1.73. The Labute approximate surface area is 129 Å². The van der Waals surface area contributed by atoms with Gasteiger partial charge in [0.25, 0.3) is 0 Å². The summed E-state index contributed by atoms with van der Waals surface area (Å²) in [4.78, 5) is 8.99. The van der Waals surface area contributed by atoms with E-state index >= 15 is 0 Å². The first-order valence-corrected chi connectivity index (χ1v) is 7.89. The van der Waals surface area contributed by atoms with Crippen LogP contribution in [-0.4, -0.2) is 41.3 Å². The molecule has 0 bridgehead atoms. The van der Waals surface area contributed by atoms with Gasteiger partial charge < -0.3 is 21.1 Å². The van der Waals surface area contributed by atoms with Crippen LogP contribution in [0.5, 0.6) is 0 Å². The van der Waals surface area contributed by atoms with E-state index < -0.39 is 0 Å². The lowest BCUT2D eigenvalue weighted by atomic mass is 9.88. The largest absolute Gasteiger partial charge is 0.379 e. The van der Waals surface area contributed by atoms with Crippen LogP contribution in [0.2, 0.25) is 0 Å². The van der Waals surface area contributed by atoms with Gasteiger partial charge in [-0.15, -0.1) is 0 Å². The monoisotopic (exact) mass is 299 g/mol. The molecule has 2 aromatic heterocycles. The zero-order valence-corrected chi connectivity index (χ0v) is 12.5. The van der Waals surface area contributed by atoms with Crippen molar-refractivity contribution in [3.63, 3.8) is 0 Å². The average Bonchev–Trinajstić information content (AvgIpc) is 2.99. The molecule has 116 valence electrons. The molecule has 22 heavy (non-hydrogen) atoms. The summed E-state index contributed by atoms with van der Waals surface area (Å²) in [6.45, 7) is 1.56. The molecule has 0 spiro atoms. The number of anilines is 2. The van der Waals surface area contributed by atoms with Crippen LogP contribution in [0.4, 0.5) is 11.6 Å². The van der Waals surface area contributed by atoms with E-state index in [1.807, 2.05) is 18.5 Å². The van der Waals surface area contributed by atoms with Crippen LogP contribution in [0, 0.1) is 0 Å². The highest BCUT2D eigenvalue weighted by Gasteiger charge is 2.26. The van der Waals surface area contributed by atoms with Crippen LogP contribution in [0.25, 0.3) is 10.8 Å². The molecule has 4 N–H and O–H groups in total. The molecule has 1 saturated carbocycles. The molecule has 3 heterocycles. The maximum Gasteiger partial charge on any atom is 0.134 e. The fourth-order valence-electron chi connectivity index (χ4n) is 3.09. The second-order valence-corrected chi connectivity index (χ2v) is 6.23. The Morgan fingerprint density at radius 1 is 1.18 bits per heavy atom. The van der Waals surface area contributed by atoms with Crippen LogP contribution < -0.4 is 16.4 Å². The summed E-state index contributed by atoms with van der Waals surface area (Å²) in [7, 11) is 0. The number of hydrogen-bond donors (Lipinski definition) is 3. The highest BCUT2D eigenvalue weighted by atomic mass is 16.5. The van der Waals surface area contributed by atoms with Crippen molar-refractivity contribution in [3.8, 4) is 0 Å². The number of fused-ring (bicyclic) bond motifs is 1. The molecular weight excluding hydrogens is 278 g/mol. The summed E-state index contributed by atoms with van der Waals surface area (Å²) in [6, 6.07) is 5.18. The van der Waals surface area contributed by atoms with Crippen molar-refractivity contribution in [1.82, 2.24) is 9.97 Å². The highest BCUT2D eigenvalue weighted by molar-refractivity contribution is 5.92. The Bertz CT molecular complexity index is 665. The summed E-state index contributed by atoms with van der Waals surface area (Å²) in [5, 5.41) is 9.12. The number of pyridine rings is 2. The molecule has 2 aromatic rings. The zero-order chi connectivity index (χ0) is 14.9. The van der Waals surface area contributed by atoms with Gasteiger partial charge in [0.05, 0.1) is 12.6 Å². The summed E-state index contributed by atoms with van der Waals surface area (Å²) < 4.78 is 5.42. The first-order chi connectivity index (χ1) is 10.8. The van der Waals surface area contributed by atoms with E-state index in [1.165, 1.54) is 0 Å². The Morgan fingerprint density at radius 2 is 2.09 bits per heavy atom. The molecule has 1 aliphatic carbocycles. The van der Waals surface area contributed by atoms with Crippen LogP contribution in [0.15, 0.2) is 24.5 Å². The molecule has 6 heteroatoms. The van der Waals surface area contributed by atoms with Crippen LogP contribution >= 0.6 is 0 Å². The van der Waals surface area contributed by atoms with E-state index in [1.54, 1.807) is 0 Å². The van der Waals surface area contributed by atoms with E-state index in [2.05, 4.69) is 26.7 Å². The fourth-order valence-corrected chi connectivity index (χ4v) is 3.09. The second kappa shape index (κ2) is 5.70. The Kier molecular flexibility index (Phi) is 3.56. The van der Waals surface area contributed by atoms with Gasteiger partial charge in [0.1, 0.15) is 11.6 Å². The molecule has 4 rings (SSSR count). The number of nitrogens with zero attached hydrogens (tertiary/aromatic N) is 2. The lowest BCUT2D eigenvalue weighted by Gasteiger charge is -2.33. The lowest BCUT2D eigenvalue weighted by Crippen LogP contribution is -2.44. The van der Waals surface area contributed by atoms with E-state index in [-0.39, 0.29) is 0 Å². The van der Waals surface area contributed by atoms with E-state index in [0.717, 1.165) is 54.9 Å². The minimum absolute atomic E-state index is 0.333. The zero-order valence-electron chi connectivity index (χ0n) is 12.5. The van der Waals surface area contributed by atoms with Gasteiger partial charge in [0, 0.05) is 41.9 Å². The summed E-state index contributed by atoms with van der Waals surface area (Å²) in [5.74, 6) is 1.80. The standard InChI is InChI=1S/C16H21N5O/c17-11-5-13(6-11)20-15-7-14-10(8-19-15)1-3-18-16(14)21-12-2-4-22-9-12/h1,3,7-8,11-13H,2,4-6,9,17H2,(H,18,21)(H,19,20)/t11-,12-,13-/m1/s1. The van der Waals surface area contributed by atoms with E-state index in [4.69, 9.17) is 10.5 Å². The molecule has 1 atom stereocenters. The Morgan fingerprint density at radius 3 is 2.86 bits per heavy atom. The van der Waals surface area contributed by atoms with E-state index in [0.29, 0.717) is 18.1 Å². The SMILES string of the molecule is N[C@H]1C[C@H](Nc2cc3c(N[C@@H]4CCOC4)nccc3cn2)C1. The van der Waals surface area contributed by atoms with E-state index in [9.17, 15) is 0 Å². The van der Waals surface area contributed by atoms with Crippen molar-refractivity contribution in [2.75, 3.05) is 23.8 Å². The molecule has 0 radical (unpaired) electrons. The smallest absolute Gasteiger partial charge is 0.134 e. The van der Waals surface area contributed by atoms with Gasteiger partial charge in [0.2, 0.25) is 0 Å². The molecule has 0 unspecified atom stereocenters. The molecule has 6 nitrogen and oxygen atoms in total. The first-order valence-electron chi connectivity index (χ1n) is 7.89. The topological polar surface area (TPSA) is 85.1 Å². The van der Waals surface area contributed by atoms with Crippen LogP contribution in [-0.2, 0) is 4.74 Å². The van der Waals surface area contributed by atoms with Crippen molar-refractivity contribution in [1.29, 1.82) is 0 Å². The predicted molar refractivity (Wildman–Crippen MR) is 87.0 cm³/mol. The van der Waals surface area contributed by atoms with Gasteiger partial charge in [-0.2, -0.15) is 0 Å². The quantitative estimate of drug-likeness (QED) is 0.797. The lowest BCUT2D eigenvalue weighted by molar-refractivity contribution is 0.195. The Balaban J connectivity index is 1.58. The molecule has 1 aliphatic heterocycles. The normalized spacial score (nSPS) is 27.6. The van der Waals surface area contributed by atoms with Gasteiger partial charge in [-0.05, 0) is 31.4 Å². The van der Waals surface area contributed by atoms with Crippen molar-refractivity contribution < 1.29 is 4.74 Å². The molecule has 2 aliphatic rings. The van der Waals surface area contributed by atoms with Crippen LogP contribution in [0.1, 0.15) is 19.3 Å². The molecule has 0 aromatic carbocycles. The van der Waals surface area contributed by atoms with Gasteiger partial charge >= 0.3 is 0 Å². The van der Waals surface area contributed by atoms with Crippen molar-refractivity contribution >= 4 is 22.4 Å². The number of nitrogens with two attached hydrogens (primary N) is 1. The van der Waals surface area contributed by atoms with Crippen molar-refractivity contribution in [2.24, 2.45) is 5.73 Å². The maximum absolute atomic E-state index is 5.84. The van der Waals surface area contributed by atoms with Crippen molar-refractivity contribution in [2.45, 2.75) is 37.4 Å². The summed E-state index contributed by atoms with van der Waals surface area (Å²) >= 11 is 0. The Hall–Kier alpha value is -1.92. The third-order valence-electron chi connectivity index (χ3n) is 4.44. The third kappa shape index (κ3) is 2.71. The number of hydrogen-bond acceptors (Lipinski definition) is 6. The van der Waals surface area contributed by atoms with Gasteiger partial charge in [-0.1, -0.05) is 0 Å². The van der Waals surface area contributed by atoms with Gasteiger partial charge in [-0.25, -0.2) is 9.97 Å². The van der Waals surface area contributed by atoms with Crippen molar-refractivity contribution in [3.05, 3.63) is 24.5 Å². The number of ether oxygens (including phenoxy) is 1.